The molecule has 0 spiro atoms. The second-order valence-corrected chi connectivity index (χ2v) is 7.52. The number of hydrogen-bond acceptors (Lipinski definition) is 4. The molecule has 1 aromatic heterocycles. The fraction of sp³-hybridized carbons (Fsp3) is 0.176. The summed E-state index contributed by atoms with van der Waals surface area (Å²) in [6.45, 7) is 2.01. The minimum Gasteiger partial charge on any atom is -0.375 e. The Morgan fingerprint density at radius 2 is 2.00 bits per heavy atom. The number of halogens is 2. The van der Waals surface area contributed by atoms with Gasteiger partial charge in [0.25, 0.3) is 5.91 Å². The monoisotopic (exact) mass is 378 g/mol. The number of aliphatic hydroxyl groups is 1. The molecule has 0 fully saturated rings. The summed E-state index contributed by atoms with van der Waals surface area (Å²) in [5.41, 5.74) is 0.692. The summed E-state index contributed by atoms with van der Waals surface area (Å²) in [7, 11) is 0. The van der Waals surface area contributed by atoms with Crippen LogP contribution in [0.3, 0.4) is 0 Å². The van der Waals surface area contributed by atoms with Gasteiger partial charge in [0.1, 0.15) is 0 Å². The molecule has 1 amide bonds. The first-order chi connectivity index (χ1) is 11.4. The standard InChI is InChI=1S/C17H12Cl2N2O2S/c1-8-2-3-9-12(21-24-13(9)6-8)7-17(23)14-10(18)4-5-11(19)15(14)20-16(17)22/h2-6,23H,7H2,1H3,(H,20,22). The van der Waals surface area contributed by atoms with E-state index in [9.17, 15) is 9.90 Å². The van der Waals surface area contributed by atoms with E-state index in [2.05, 4.69) is 9.69 Å². The first kappa shape index (κ1) is 15.8. The van der Waals surface area contributed by atoms with Crippen LogP contribution in [0.1, 0.15) is 16.8 Å². The normalized spacial score (nSPS) is 19.6. The van der Waals surface area contributed by atoms with Crippen LogP contribution in [0.4, 0.5) is 5.69 Å². The summed E-state index contributed by atoms with van der Waals surface area (Å²) >= 11 is 13.7. The molecule has 1 atom stereocenters. The third kappa shape index (κ3) is 2.24. The Balaban J connectivity index is 1.85. The van der Waals surface area contributed by atoms with E-state index in [4.69, 9.17) is 23.2 Å². The SMILES string of the molecule is Cc1ccc2c(CC3(O)C(=O)Nc4c(Cl)ccc(Cl)c43)nsc2c1. The fourth-order valence-electron chi connectivity index (χ4n) is 3.04. The predicted octanol–water partition coefficient (Wildman–Crippen LogP) is 4.29. The number of amides is 1. The van der Waals surface area contributed by atoms with Crippen LogP contribution in [0.15, 0.2) is 30.3 Å². The minimum atomic E-state index is -1.79. The van der Waals surface area contributed by atoms with E-state index in [0.717, 1.165) is 15.6 Å². The molecule has 122 valence electrons. The molecule has 0 aliphatic carbocycles. The first-order valence-corrected chi connectivity index (χ1v) is 8.80. The van der Waals surface area contributed by atoms with E-state index in [1.165, 1.54) is 11.5 Å². The van der Waals surface area contributed by atoms with Crippen LogP contribution in [-0.2, 0) is 16.8 Å². The molecule has 1 aliphatic heterocycles. The van der Waals surface area contributed by atoms with Gasteiger partial charge in [-0.25, -0.2) is 0 Å². The highest BCUT2D eigenvalue weighted by Crippen LogP contribution is 2.46. The summed E-state index contributed by atoms with van der Waals surface area (Å²) < 4.78 is 5.45. The first-order valence-electron chi connectivity index (χ1n) is 7.27. The van der Waals surface area contributed by atoms with E-state index < -0.39 is 11.5 Å². The molecule has 2 aromatic carbocycles. The number of rotatable bonds is 2. The number of nitrogens with zero attached hydrogens (tertiary/aromatic N) is 1. The Bertz CT molecular complexity index is 1000. The number of anilines is 1. The van der Waals surface area contributed by atoms with Crippen molar-refractivity contribution in [1.82, 2.24) is 4.37 Å². The summed E-state index contributed by atoms with van der Waals surface area (Å²) in [5.74, 6) is -0.541. The van der Waals surface area contributed by atoms with Gasteiger partial charge in [-0.15, -0.1) is 0 Å². The number of nitrogens with one attached hydrogen (secondary N) is 1. The minimum absolute atomic E-state index is 0.0367. The van der Waals surface area contributed by atoms with Gasteiger partial charge in [0.05, 0.1) is 21.1 Å². The van der Waals surface area contributed by atoms with Gasteiger partial charge in [-0.3, -0.25) is 4.79 Å². The number of carbonyl (C=O) groups is 1. The quantitative estimate of drug-likeness (QED) is 0.698. The smallest absolute Gasteiger partial charge is 0.261 e. The lowest BCUT2D eigenvalue weighted by Crippen LogP contribution is -2.36. The second-order valence-electron chi connectivity index (χ2n) is 5.90. The third-order valence-corrected chi connectivity index (χ3v) is 5.73. The predicted molar refractivity (Wildman–Crippen MR) is 97.0 cm³/mol. The number of aromatic nitrogens is 1. The maximum atomic E-state index is 12.5. The molecule has 0 radical (unpaired) electrons. The molecule has 7 heteroatoms. The fourth-order valence-corrected chi connectivity index (χ4v) is 4.46. The Kier molecular flexibility index (Phi) is 3.58. The molecule has 0 saturated carbocycles. The highest BCUT2D eigenvalue weighted by atomic mass is 35.5. The van der Waals surface area contributed by atoms with Crippen molar-refractivity contribution in [2.45, 2.75) is 18.9 Å². The molecular formula is C17H12Cl2N2O2S. The van der Waals surface area contributed by atoms with Crippen molar-refractivity contribution in [2.75, 3.05) is 5.32 Å². The van der Waals surface area contributed by atoms with Crippen molar-refractivity contribution in [1.29, 1.82) is 0 Å². The van der Waals surface area contributed by atoms with Crippen LogP contribution in [0.5, 0.6) is 0 Å². The molecule has 2 N–H and O–H groups in total. The summed E-state index contributed by atoms with van der Waals surface area (Å²) in [5, 5.41) is 15.3. The van der Waals surface area contributed by atoms with Crippen molar-refractivity contribution in [3.05, 3.63) is 57.2 Å². The maximum Gasteiger partial charge on any atom is 0.261 e. The molecule has 3 aromatic rings. The van der Waals surface area contributed by atoms with Crippen LogP contribution in [0.2, 0.25) is 10.0 Å². The Morgan fingerprint density at radius 1 is 1.25 bits per heavy atom. The van der Waals surface area contributed by atoms with E-state index >= 15 is 0 Å². The van der Waals surface area contributed by atoms with Gasteiger partial charge >= 0.3 is 0 Å². The van der Waals surface area contributed by atoms with Crippen LogP contribution in [0, 0.1) is 6.92 Å². The average Bonchev–Trinajstić information content (AvgIpc) is 3.04. The van der Waals surface area contributed by atoms with Gasteiger partial charge < -0.3 is 10.4 Å². The topological polar surface area (TPSA) is 62.2 Å². The number of benzene rings is 2. The lowest BCUT2D eigenvalue weighted by atomic mass is 9.89. The van der Waals surface area contributed by atoms with E-state index in [-0.39, 0.29) is 6.42 Å². The van der Waals surface area contributed by atoms with Crippen molar-refractivity contribution in [2.24, 2.45) is 0 Å². The molecule has 0 bridgehead atoms. The zero-order valence-corrected chi connectivity index (χ0v) is 14.9. The number of fused-ring (bicyclic) bond motifs is 2. The average molecular weight is 379 g/mol. The molecule has 4 rings (SSSR count). The largest absolute Gasteiger partial charge is 0.375 e. The molecule has 2 heterocycles. The van der Waals surface area contributed by atoms with E-state index in [1.807, 2.05) is 25.1 Å². The van der Waals surface area contributed by atoms with Crippen molar-refractivity contribution >= 4 is 56.4 Å². The van der Waals surface area contributed by atoms with Gasteiger partial charge in [0.2, 0.25) is 0 Å². The molecule has 1 aliphatic rings. The van der Waals surface area contributed by atoms with Crippen molar-refractivity contribution in [3.63, 3.8) is 0 Å². The number of carbonyl (C=O) groups excluding carboxylic acids is 1. The number of aryl methyl sites for hydroxylation is 1. The van der Waals surface area contributed by atoms with Crippen molar-refractivity contribution in [3.8, 4) is 0 Å². The number of hydrogen-bond donors (Lipinski definition) is 2. The second kappa shape index (κ2) is 5.43. The van der Waals surface area contributed by atoms with Gasteiger partial charge in [-0.05, 0) is 42.2 Å². The van der Waals surface area contributed by atoms with Crippen LogP contribution in [-0.4, -0.2) is 15.4 Å². The van der Waals surface area contributed by atoms with Crippen molar-refractivity contribution < 1.29 is 9.90 Å². The van der Waals surface area contributed by atoms with Crippen LogP contribution < -0.4 is 5.32 Å². The summed E-state index contributed by atoms with van der Waals surface area (Å²) in [6, 6.07) is 9.15. The lowest BCUT2D eigenvalue weighted by Gasteiger charge is -2.21. The van der Waals surface area contributed by atoms with Gasteiger partial charge in [-0.2, -0.15) is 4.37 Å². The lowest BCUT2D eigenvalue weighted by molar-refractivity contribution is -0.133. The molecule has 24 heavy (non-hydrogen) atoms. The molecule has 1 unspecified atom stereocenters. The van der Waals surface area contributed by atoms with E-state index in [1.54, 1.807) is 12.1 Å². The van der Waals surface area contributed by atoms with Crippen LogP contribution in [0.25, 0.3) is 10.1 Å². The summed E-state index contributed by atoms with van der Waals surface area (Å²) in [6.07, 6.45) is 0.0367. The zero-order valence-electron chi connectivity index (χ0n) is 12.6. The highest BCUT2D eigenvalue weighted by Gasteiger charge is 2.48. The molecule has 0 saturated heterocycles. The summed E-state index contributed by atoms with van der Waals surface area (Å²) in [4.78, 5) is 12.5. The third-order valence-electron chi connectivity index (χ3n) is 4.26. The Morgan fingerprint density at radius 3 is 2.79 bits per heavy atom. The molecule has 4 nitrogen and oxygen atoms in total. The Hall–Kier alpha value is -1.66. The van der Waals surface area contributed by atoms with Crippen LogP contribution >= 0.6 is 34.7 Å². The Labute approximate surface area is 152 Å². The maximum absolute atomic E-state index is 12.5. The molecular weight excluding hydrogens is 367 g/mol. The van der Waals surface area contributed by atoms with Gasteiger partial charge in [0.15, 0.2) is 5.60 Å². The zero-order chi connectivity index (χ0) is 17.1. The highest BCUT2D eigenvalue weighted by molar-refractivity contribution is 7.13. The van der Waals surface area contributed by atoms with Gasteiger partial charge in [0, 0.05) is 22.4 Å². The van der Waals surface area contributed by atoms with Gasteiger partial charge in [-0.1, -0.05) is 35.3 Å². The van der Waals surface area contributed by atoms with E-state index in [0.29, 0.717) is 27.0 Å².